The van der Waals surface area contributed by atoms with Crippen molar-refractivity contribution in [1.82, 2.24) is 0 Å². The Kier molecular flexibility index (Phi) is 4.13. The normalized spacial score (nSPS) is 52.3. The highest BCUT2D eigenvalue weighted by atomic mass is 16.6. The van der Waals surface area contributed by atoms with E-state index in [1.165, 1.54) is 38.5 Å². The van der Waals surface area contributed by atoms with Crippen molar-refractivity contribution in [3.05, 3.63) is 23.8 Å². The summed E-state index contributed by atoms with van der Waals surface area (Å²) in [5, 5.41) is 23.1. The predicted molar refractivity (Wildman–Crippen MR) is 111 cm³/mol. The van der Waals surface area contributed by atoms with E-state index in [1.54, 1.807) is 5.57 Å². The molecule has 1 spiro atoms. The maximum atomic E-state index is 10.2. The maximum absolute atomic E-state index is 10.2. The molecule has 158 valence electrons. The van der Waals surface area contributed by atoms with Gasteiger partial charge >= 0.3 is 0 Å². The monoisotopic (exact) mass is 397 g/mol. The van der Waals surface area contributed by atoms with Gasteiger partial charge in [0.1, 0.15) is 0 Å². The Morgan fingerprint density at radius 2 is 2.00 bits per heavy atom. The lowest BCUT2D eigenvalue weighted by Gasteiger charge is -2.59. The van der Waals surface area contributed by atoms with Gasteiger partial charge in [-0.2, -0.15) is 0 Å². The van der Waals surface area contributed by atoms with Crippen LogP contribution in [0, 0.1) is 40.9 Å². The molecule has 0 radical (unpaired) electrons. The number of aliphatic hydroxyl groups is 1. The van der Waals surface area contributed by atoms with Gasteiger partial charge in [-0.05, 0) is 112 Å². The van der Waals surface area contributed by atoms with Crippen LogP contribution in [0.2, 0.25) is 0 Å². The topological polar surface area (TPSA) is 62.0 Å². The fraction of sp³-hybridized carbons (Fsp3) is 0.800. The van der Waals surface area contributed by atoms with Crippen LogP contribution in [0.5, 0.6) is 0 Å². The zero-order valence-electron chi connectivity index (χ0n) is 17.6. The number of rotatable bonds is 2. The van der Waals surface area contributed by atoms with Crippen LogP contribution in [-0.2, 0) is 4.74 Å². The quantitative estimate of drug-likeness (QED) is 0.389. The van der Waals surface area contributed by atoms with Crippen LogP contribution >= 0.6 is 0 Å². The zero-order valence-corrected chi connectivity index (χ0v) is 17.6. The Balaban J connectivity index is 1.40. The summed E-state index contributed by atoms with van der Waals surface area (Å²) in [6.45, 7) is 2.37. The number of hydrogen-bond acceptors (Lipinski definition) is 4. The minimum atomic E-state index is -0.718. The van der Waals surface area contributed by atoms with E-state index >= 15 is 0 Å². The van der Waals surface area contributed by atoms with E-state index in [0.29, 0.717) is 5.92 Å². The molecule has 0 bridgehead atoms. The summed E-state index contributed by atoms with van der Waals surface area (Å²) in [6, 6.07) is 0. The van der Waals surface area contributed by atoms with Crippen LogP contribution in [-0.4, -0.2) is 27.9 Å². The molecule has 4 nitrogen and oxygen atoms in total. The highest BCUT2D eigenvalue weighted by Crippen LogP contribution is 2.70. The minimum absolute atomic E-state index is 0.197. The smallest absolute Gasteiger partial charge is 0.175 e. The molecule has 8 atom stereocenters. The first-order valence-corrected chi connectivity index (χ1v) is 12.1. The third-order valence-corrected chi connectivity index (χ3v) is 10.1. The standard InChI is InChI=1S/C25H35NO3/c1-2-24-10-7-19-18-6-5-17(26-28)13-16(18)14-20(15-3-4-15)23(19)21(24)8-11-25(24)12-9-22(27)29-25/h9,12-13,15,18-23,27-28H,2-8,10-11,14H2,1H3/b26-17+/t18-,19?,20-,21?,22?,23?,24-,25+/m0/s1. The van der Waals surface area contributed by atoms with Gasteiger partial charge in [-0.15, -0.1) is 0 Å². The number of aliphatic hydroxyl groups excluding tert-OH is 1. The Morgan fingerprint density at radius 1 is 1.14 bits per heavy atom. The van der Waals surface area contributed by atoms with Gasteiger partial charge in [-0.1, -0.05) is 23.7 Å². The van der Waals surface area contributed by atoms with Crippen molar-refractivity contribution in [3.63, 3.8) is 0 Å². The van der Waals surface area contributed by atoms with Gasteiger partial charge in [-0.25, -0.2) is 0 Å². The van der Waals surface area contributed by atoms with Crippen molar-refractivity contribution >= 4 is 5.71 Å². The summed E-state index contributed by atoms with van der Waals surface area (Å²) >= 11 is 0. The lowest BCUT2D eigenvalue weighted by Crippen LogP contribution is -2.56. The van der Waals surface area contributed by atoms with Crippen LogP contribution < -0.4 is 0 Å². The van der Waals surface area contributed by atoms with E-state index in [4.69, 9.17) is 4.74 Å². The molecule has 0 aromatic carbocycles. The van der Waals surface area contributed by atoms with Gasteiger partial charge in [0.25, 0.3) is 0 Å². The van der Waals surface area contributed by atoms with E-state index in [2.05, 4.69) is 24.2 Å². The summed E-state index contributed by atoms with van der Waals surface area (Å²) in [6.07, 6.45) is 17.8. The number of nitrogens with zero attached hydrogens (tertiary/aromatic N) is 1. The fourth-order valence-corrected chi connectivity index (χ4v) is 8.94. The third-order valence-electron chi connectivity index (χ3n) is 10.1. The molecule has 0 aromatic heterocycles. The summed E-state index contributed by atoms with van der Waals surface area (Å²) in [5.41, 5.74) is 2.44. The van der Waals surface area contributed by atoms with Gasteiger partial charge < -0.3 is 15.1 Å². The summed E-state index contributed by atoms with van der Waals surface area (Å²) in [5.74, 6) is 4.70. The average Bonchev–Trinajstić information content (AvgIpc) is 3.45. The number of hydrogen-bond donors (Lipinski definition) is 2. The first-order chi connectivity index (χ1) is 14.1. The Bertz CT molecular complexity index is 783. The predicted octanol–water partition coefficient (Wildman–Crippen LogP) is 5.06. The van der Waals surface area contributed by atoms with Crippen LogP contribution in [0.4, 0.5) is 0 Å². The number of ether oxygens (including phenoxy) is 1. The summed E-state index contributed by atoms with van der Waals surface area (Å²) in [4.78, 5) is 0. The first kappa shape index (κ1) is 18.6. The molecular formula is C25H35NO3. The molecular weight excluding hydrogens is 362 g/mol. The third kappa shape index (κ3) is 2.48. The van der Waals surface area contributed by atoms with Gasteiger partial charge in [0, 0.05) is 5.41 Å². The fourth-order valence-electron chi connectivity index (χ4n) is 8.94. The molecule has 5 aliphatic carbocycles. The second-order valence-electron chi connectivity index (χ2n) is 10.9. The number of fused-ring (bicyclic) bond motifs is 6. The zero-order chi connectivity index (χ0) is 19.8. The molecule has 1 heterocycles. The SMILES string of the molecule is CC[C@]12CCC3C(C1CC[C@@]21C=CC(O)O1)[C@H](C1CC1)CC1=C/C(=N/O)CC[C@@H]13. The van der Waals surface area contributed by atoms with E-state index in [-0.39, 0.29) is 11.0 Å². The molecule has 2 N–H and O–H groups in total. The summed E-state index contributed by atoms with van der Waals surface area (Å²) < 4.78 is 6.29. The minimum Gasteiger partial charge on any atom is -0.411 e. The van der Waals surface area contributed by atoms with E-state index in [9.17, 15) is 10.3 Å². The Hall–Kier alpha value is -1.13. The average molecular weight is 398 g/mol. The molecule has 0 aromatic rings. The Morgan fingerprint density at radius 3 is 2.69 bits per heavy atom. The van der Waals surface area contributed by atoms with Crippen molar-refractivity contribution < 1.29 is 15.1 Å². The molecule has 29 heavy (non-hydrogen) atoms. The van der Waals surface area contributed by atoms with Crippen molar-refractivity contribution in [2.45, 2.75) is 83.0 Å². The van der Waals surface area contributed by atoms with Gasteiger partial charge in [0.15, 0.2) is 6.29 Å². The molecule has 6 rings (SSSR count). The molecule has 4 heteroatoms. The van der Waals surface area contributed by atoms with E-state index in [1.807, 2.05) is 6.08 Å². The molecule has 0 amide bonds. The van der Waals surface area contributed by atoms with Gasteiger partial charge in [-0.3, -0.25) is 0 Å². The maximum Gasteiger partial charge on any atom is 0.175 e. The highest BCUT2D eigenvalue weighted by molar-refractivity contribution is 5.96. The van der Waals surface area contributed by atoms with E-state index in [0.717, 1.165) is 61.0 Å². The lowest BCUT2D eigenvalue weighted by atomic mass is 9.46. The van der Waals surface area contributed by atoms with Crippen LogP contribution in [0.3, 0.4) is 0 Å². The largest absolute Gasteiger partial charge is 0.411 e. The second kappa shape index (κ2) is 6.43. The van der Waals surface area contributed by atoms with Crippen LogP contribution in [0.15, 0.2) is 29.0 Å². The molecule has 0 saturated heterocycles. The lowest BCUT2D eigenvalue weighted by molar-refractivity contribution is -0.191. The first-order valence-electron chi connectivity index (χ1n) is 12.1. The molecule has 4 saturated carbocycles. The van der Waals surface area contributed by atoms with Crippen LogP contribution in [0.1, 0.15) is 71.1 Å². The van der Waals surface area contributed by atoms with Crippen molar-refractivity contribution in [2.24, 2.45) is 46.1 Å². The van der Waals surface area contributed by atoms with Crippen LogP contribution in [0.25, 0.3) is 0 Å². The van der Waals surface area contributed by atoms with Gasteiger partial charge in [0.05, 0.1) is 11.3 Å². The number of oxime groups is 1. The van der Waals surface area contributed by atoms with E-state index < -0.39 is 6.29 Å². The summed E-state index contributed by atoms with van der Waals surface area (Å²) in [7, 11) is 0. The molecule has 1 aliphatic heterocycles. The van der Waals surface area contributed by atoms with Crippen molar-refractivity contribution in [3.8, 4) is 0 Å². The highest BCUT2D eigenvalue weighted by Gasteiger charge is 2.67. The Labute approximate surface area is 174 Å². The number of allylic oxidation sites excluding steroid dienone is 2. The van der Waals surface area contributed by atoms with Crippen molar-refractivity contribution in [1.29, 1.82) is 0 Å². The molecule has 4 fully saturated rings. The van der Waals surface area contributed by atoms with Gasteiger partial charge in [0.2, 0.25) is 0 Å². The second-order valence-corrected chi connectivity index (χ2v) is 10.9. The molecule has 4 unspecified atom stereocenters. The van der Waals surface area contributed by atoms with Crippen molar-refractivity contribution in [2.75, 3.05) is 0 Å². The molecule has 6 aliphatic rings.